The Morgan fingerprint density at radius 3 is 3.00 bits per heavy atom. The van der Waals surface area contributed by atoms with Gasteiger partial charge in [0.2, 0.25) is 11.8 Å². The molecular formula is C12H20N4O. The number of nitrogens with zero attached hydrogens (tertiary/aromatic N) is 3. The maximum Gasteiger partial charge on any atom is 0.226 e. The van der Waals surface area contributed by atoms with Gasteiger partial charge in [0.1, 0.15) is 0 Å². The number of hydrogen-bond acceptors (Lipinski definition) is 5. The zero-order chi connectivity index (χ0) is 12.3. The molecule has 0 saturated carbocycles. The molecule has 0 radical (unpaired) electrons. The lowest BCUT2D eigenvalue weighted by Crippen LogP contribution is -2.24. The number of anilines is 1. The Balaban J connectivity index is 2.04. The van der Waals surface area contributed by atoms with Gasteiger partial charge >= 0.3 is 0 Å². The van der Waals surface area contributed by atoms with Crippen molar-refractivity contribution in [2.24, 2.45) is 0 Å². The number of aryl methyl sites for hydroxylation is 1. The van der Waals surface area contributed by atoms with E-state index in [2.05, 4.69) is 27.2 Å². The molecule has 1 aromatic heterocycles. The van der Waals surface area contributed by atoms with Crippen molar-refractivity contribution in [3.05, 3.63) is 11.8 Å². The lowest BCUT2D eigenvalue weighted by molar-refractivity contribution is 0.326. The van der Waals surface area contributed by atoms with E-state index in [1.165, 1.54) is 0 Å². The van der Waals surface area contributed by atoms with E-state index in [1.807, 2.05) is 19.9 Å². The maximum atomic E-state index is 5.41. The maximum absolute atomic E-state index is 5.41. The van der Waals surface area contributed by atoms with Gasteiger partial charge in [0, 0.05) is 24.3 Å². The summed E-state index contributed by atoms with van der Waals surface area (Å²) in [5.41, 5.74) is 0.928. The molecule has 1 aliphatic heterocycles. The summed E-state index contributed by atoms with van der Waals surface area (Å²) in [4.78, 5) is 11.0. The van der Waals surface area contributed by atoms with E-state index in [0.717, 1.165) is 25.2 Å². The Kier molecular flexibility index (Phi) is 3.78. The van der Waals surface area contributed by atoms with Crippen molar-refractivity contribution < 1.29 is 4.74 Å². The summed E-state index contributed by atoms with van der Waals surface area (Å²) in [6.45, 7) is 6.71. The zero-order valence-corrected chi connectivity index (χ0v) is 10.7. The third kappa shape index (κ3) is 3.30. The third-order valence-electron chi connectivity index (χ3n) is 2.85. The summed E-state index contributed by atoms with van der Waals surface area (Å²) < 4.78 is 5.41. The number of nitrogens with one attached hydrogen (secondary N) is 1. The Morgan fingerprint density at radius 1 is 1.53 bits per heavy atom. The highest BCUT2D eigenvalue weighted by atomic mass is 16.5. The van der Waals surface area contributed by atoms with Gasteiger partial charge in [-0.15, -0.1) is 0 Å². The van der Waals surface area contributed by atoms with Gasteiger partial charge in [-0.1, -0.05) is 0 Å². The molecule has 94 valence electrons. The Bertz CT molecular complexity index is 383. The van der Waals surface area contributed by atoms with Crippen molar-refractivity contribution >= 4 is 5.95 Å². The van der Waals surface area contributed by atoms with Crippen LogP contribution in [-0.4, -0.2) is 47.7 Å². The minimum Gasteiger partial charge on any atom is -0.478 e. The van der Waals surface area contributed by atoms with Gasteiger partial charge in [-0.05, 0) is 33.9 Å². The van der Waals surface area contributed by atoms with Crippen molar-refractivity contribution in [1.29, 1.82) is 0 Å². The van der Waals surface area contributed by atoms with Crippen molar-refractivity contribution in [1.82, 2.24) is 14.9 Å². The molecular weight excluding hydrogens is 216 g/mol. The van der Waals surface area contributed by atoms with Gasteiger partial charge in [0.15, 0.2) is 0 Å². The Labute approximate surface area is 102 Å². The fourth-order valence-corrected chi connectivity index (χ4v) is 2.06. The quantitative estimate of drug-likeness (QED) is 0.854. The van der Waals surface area contributed by atoms with Crippen LogP contribution in [0.1, 0.15) is 19.0 Å². The van der Waals surface area contributed by atoms with Crippen LogP contribution in [0.2, 0.25) is 0 Å². The average molecular weight is 236 g/mol. The van der Waals surface area contributed by atoms with Gasteiger partial charge in [-0.25, -0.2) is 4.98 Å². The monoisotopic (exact) mass is 236 g/mol. The minimum absolute atomic E-state index is 0.441. The summed E-state index contributed by atoms with van der Waals surface area (Å²) in [6, 6.07) is 2.30. The normalized spacial score (nSPS) is 20.5. The van der Waals surface area contributed by atoms with Crippen LogP contribution in [0.3, 0.4) is 0 Å². The van der Waals surface area contributed by atoms with Crippen molar-refractivity contribution in [2.75, 3.05) is 32.1 Å². The summed E-state index contributed by atoms with van der Waals surface area (Å²) in [7, 11) is 2.13. The van der Waals surface area contributed by atoms with Crippen molar-refractivity contribution in [3.8, 4) is 5.88 Å². The van der Waals surface area contributed by atoms with Gasteiger partial charge < -0.3 is 15.0 Å². The smallest absolute Gasteiger partial charge is 0.226 e. The predicted molar refractivity (Wildman–Crippen MR) is 67.5 cm³/mol. The molecule has 1 unspecified atom stereocenters. The SMILES string of the molecule is CCOc1cc(C)nc(NC2CCN(C)C2)n1. The molecule has 2 rings (SSSR count). The summed E-state index contributed by atoms with van der Waals surface area (Å²) in [6.07, 6.45) is 1.14. The molecule has 1 aromatic rings. The van der Waals surface area contributed by atoms with Crippen LogP contribution in [0.15, 0.2) is 6.07 Å². The van der Waals surface area contributed by atoms with E-state index >= 15 is 0 Å². The van der Waals surface area contributed by atoms with Crippen LogP contribution >= 0.6 is 0 Å². The molecule has 1 aliphatic rings. The number of ether oxygens (including phenoxy) is 1. The number of aromatic nitrogens is 2. The van der Waals surface area contributed by atoms with E-state index in [0.29, 0.717) is 24.5 Å². The molecule has 1 fully saturated rings. The number of hydrogen-bond donors (Lipinski definition) is 1. The largest absolute Gasteiger partial charge is 0.478 e. The fourth-order valence-electron chi connectivity index (χ4n) is 2.06. The van der Waals surface area contributed by atoms with Crippen LogP contribution in [0, 0.1) is 6.92 Å². The topological polar surface area (TPSA) is 50.3 Å². The van der Waals surface area contributed by atoms with Gasteiger partial charge in [0.05, 0.1) is 6.61 Å². The van der Waals surface area contributed by atoms with E-state index in [9.17, 15) is 0 Å². The molecule has 0 bridgehead atoms. The standard InChI is InChI=1S/C12H20N4O/c1-4-17-11-7-9(2)13-12(15-11)14-10-5-6-16(3)8-10/h7,10H,4-6,8H2,1-3H3,(H,13,14,15). The van der Waals surface area contributed by atoms with Crippen molar-refractivity contribution in [3.63, 3.8) is 0 Å². The van der Waals surface area contributed by atoms with Crippen LogP contribution in [0.5, 0.6) is 5.88 Å². The number of rotatable bonds is 4. The fraction of sp³-hybridized carbons (Fsp3) is 0.667. The number of likely N-dealkylation sites (N-methyl/N-ethyl adjacent to an activating group) is 1. The number of likely N-dealkylation sites (tertiary alicyclic amines) is 1. The first-order valence-corrected chi connectivity index (χ1v) is 6.11. The lowest BCUT2D eigenvalue weighted by Gasteiger charge is -2.13. The van der Waals surface area contributed by atoms with Gasteiger partial charge in [-0.3, -0.25) is 0 Å². The molecule has 0 aromatic carbocycles. The Morgan fingerprint density at radius 2 is 2.35 bits per heavy atom. The lowest BCUT2D eigenvalue weighted by atomic mass is 10.3. The van der Waals surface area contributed by atoms with E-state index in [1.54, 1.807) is 0 Å². The van der Waals surface area contributed by atoms with Crippen LogP contribution in [-0.2, 0) is 0 Å². The molecule has 1 atom stereocenters. The summed E-state index contributed by atoms with van der Waals surface area (Å²) >= 11 is 0. The van der Waals surface area contributed by atoms with E-state index in [4.69, 9.17) is 4.74 Å². The van der Waals surface area contributed by atoms with Crippen molar-refractivity contribution in [2.45, 2.75) is 26.3 Å². The molecule has 5 nitrogen and oxygen atoms in total. The highest BCUT2D eigenvalue weighted by molar-refractivity contribution is 5.32. The van der Waals surface area contributed by atoms with Gasteiger partial charge in [-0.2, -0.15) is 4.98 Å². The second-order valence-electron chi connectivity index (χ2n) is 4.50. The molecule has 2 heterocycles. The Hall–Kier alpha value is -1.36. The van der Waals surface area contributed by atoms with Gasteiger partial charge in [0.25, 0.3) is 0 Å². The van der Waals surface area contributed by atoms with E-state index < -0.39 is 0 Å². The molecule has 1 N–H and O–H groups in total. The third-order valence-corrected chi connectivity index (χ3v) is 2.85. The molecule has 5 heteroatoms. The first-order valence-electron chi connectivity index (χ1n) is 6.11. The second-order valence-corrected chi connectivity index (χ2v) is 4.50. The zero-order valence-electron chi connectivity index (χ0n) is 10.7. The summed E-state index contributed by atoms with van der Waals surface area (Å²) in [5.74, 6) is 1.32. The first-order chi connectivity index (χ1) is 8.17. The molecule has 17 heavy (non-hydrogen) atoms. The molecule has 1 saturated heterocycles. The van der Waals surface area contributed by atoms with Crippen LogP contribution < -0.4 is 10.1 Å². The highest BCUT2D eigenvalue weighted by Crippen LogP contribution is 2.15. The van der Waals surface area contributed by atoms with Crippen LogP contribution in [0.4, 0.5) is 5.95 Å². The summed E-state index contributed by atoms with van der Waals surface area (Å²) in [5, 5.41) is 3.37. The van der Waals surface area contributed by atoms with E-state index in [-0.39, 0.29) is 0 Å². The molecule has 0 spiro atoms. The second kappa shape index (κ2) is 5.31. The molecule has 0 aliphatic carbocycles. The average Bonchev–Trinajstić information content (AvgIpc) is 2.63. The molecule has 0 amide bonds. The highest BCUT2D eigenvalue weighted by Gasteiger charge is 2.20. The first kappa shape index (κ1) is 12.1. The predicted octanol–water partition coefficient (Wildman–Crippen LogP) is 1.30. The van der Waals surface area contributed by atoms with Crippen LogP contribution in [0.25, 0.3) is 0 Å². The minimum atomic E-state index is 0.441.